The van der Waals surface area contributed by atoms with Crippen LogP contribution in [0.1, 0.15) is 30.4 Å². The van der Waals surface area contributed by atoms with Crippen molar-refractivity contribution >= 4 is 0 Å². The minimum absolute atomic E-state index is 0.532. The molecule has 0 aliphatic heterocycles. The summed E-state index contributed by atoms with van der Waals surface area (Å²) in [5.41, 5.74) is 1.78. The maximum Gasteiger partial charge on any atom is 0.115 e. The molecular weight excluding hydrogens is 284 g/mol. The summed E-state index contributed by atoms with van der Waals surface area (Å²) in [5.74, 6) is 11.5. The molecule has 116 valence electrons. The van der Waals surface area contributed by atoms with E-state index in [0.29, 0.717) is 19.3 Å². The standard InChI is InChI=1S/C21H20O2/c22-20(16-14-18-8-3-1-4-9-18)12-7-13-21(23)17-15-19-10-5-2-6-11-19/h1-6,8-11,20-23H,7,12-13H2/t20-,21-/m0/s1. The molecule has 0 spiro atoms. The second kappa shape index (κ2) is 9.49. The Morgan fingerprint density at radius 3 is 1.43 bits per heavy atom. The Morgan fingerprint density at radius 2 is 1.04 bits per heavy atom. The number of benzene rings is 2. The van der Waals surface area contributed by atoms with Gasteiger partial charge in [0.1, 0.15) is 12.2 Å². The van der Waals surface area contributed by atoms with E-state index in [2.05, 4.69) is 23.7 Å². The highest BCUT2D eigenvalue weighted by Crippen LogP contribution is 2.05. The van der Waals surface area contributed by atoms with Crippen molar-refractivity contribution in [1.29, 1.82) is 0 Å². The predicted molar refractivity (Wildman–Crippen MR) is 92.5 cm³/mol. The first-order valence-corrected chi connectivity index (χ1v) is 7.73. The Kier molecular flexibility index (Phi) is 6.95. The molecule has 0 fully saturated rings. The maximum absolute atomic E-state index is 9.84. The topological polar surface area (TPSA) is 40.5 Å². The summed E-state index contributed by atoms with van der Waals surface area (Å²) >= 11 is 0. The second-order valence-corrected chi connectivity index (χ2v) is 5.23. The van der Waals surface area contributed by atoms with E-state index in [1.54, 1.807) is 0 Å². The minimum Gasteiger partial charge on any atom is -0.380 e. The molecule has 0 saturated carbocycles. The average molecular weight is 304 g/mol. The molecule has 0 amide bonds. The Balaban J connectivity index is 1.72. The first kappa shape index (κ1) is 16.8. The fourth-order valence-corrected chi connectivity index (χ4v) is 2.03. The molecule has 2 aromatic carbocycles. The number of aliphatic hydroxyl groups is 2. The van der Waals surface area contributed by atoms with E-state index in [-0.39, 0.29) is 0 Å². The van der Waals surface area contributed by atoms with Crippen LogP contribution in [-0.4, -0.2) is 22.4 Å². The van der Waals surface area contributed by atoms with Gasteiger partial charge in [0.25, 0.3) is 0 Å². The molecule has 2 aromatic rings. The molecule has 0 bridgehead atoms. The third-order valence-corrected chi connectivity index (χ3v) is 3.27. The van der Waals surface area contributed by atoms with Gasteiger partial charge < -0.3 is 10.2 Å². The summed E-state index contributed by atoms with van der Waals surface area (Å²) in [5, 5.41) is 19.7. The summed E-state index contributed by atoms with van der Waals surface area (Å²) in [6, 6.07) is 19.1. The Labute approximate surface area is 137 Å². The summed E-state index contributed by atoms with van der Waals surface area (Å²) in [7, 11) is 0. The molecule has 0 unspecified atom stereocenters. The average Bonchev–Trinajstić information content (AvgIpc) is 2.60. The quantitative estimate of drug-likeness (QED) is 0.853. The van der Waals surface area contributed by atoms with Crippen molar-refractivity contribution in [2.24, 2.45) is 0 Å². The molecule has 0 saturated heterocycles. The lowest BCUT2D eigenvalue weighted by Gasteiger charge is -2.05. The normalized spacial score (nSPS) is 12.3. The van der Waals surface area contributed by atoms with Crippen LogP contribution >= 0.6 is 0 Å². The first-order valence-electron chi connectivity index (χ1n) is 7.73. The van der Waals surface area contributed by atoms with Gasteiger partial charge >= 0.3 is 0 Å². The van der Waals surface area contributed by atoms with E-state index in [4.69, 9.17) is 0 Å². The minimum atomic E-state index is -0.676. The van der Waals surface area contributed by atoms with Gasteiger partial charge in [-0.25, -0.2) is 0 Å². The summed E-state index contributed by atoms with van der Waals surface area (Å²) in [6.45, 7) is 0. The van der Waals surface area contributed by atoms with Crippen LogP contribution in [0.2, 0.25) is 0 Å². The van der Waals surface area contributed by atoms with Crippen molar-refractivity contribution in [2.45, 2.75) is 31.5 Å². The van der Waals surface area contributed by atoms with Crippen LogP contribution in [0.15, 0.2) is 60.7 Å². The second-order valence-electron chi connectivity index (χ2n) is 5.23. The van der Waals surface area contributed by atoms with Crippen LogP contribution in [-0.2, 0) is 0 Å². The van der Waals surface area contributed by atoms with E-state index in [9.17, 15) is 10.2 Å². The first-order chi connectivity index (χ1) is 11.2. The molecule has 2 N–H and O–H groups in total. The zero-order valence-corrected chi connectivity index (χ0v) is 12.9. The molecule has 2 rings (SSSR count). The van der Waals surface area contributed by atoms with Crippen LogP contribution in [0, 0.1) is 23.7 Å². The lowest BCUT2D eigenvalue weighted by molar-refractivity contribution is 0.190. The van der Waals surface area contributed by atoms with Gasteiger partial charge in [-0.3, -0.25) is 0 Å². The van der Waals surface area contributed by atoms with E-state index >= 15 is 0 Å². The molecule has 23 heavy (non-hydrogen) atoms. The van der Waals surface area contributed by atoms with Crippen molar-refractivity contribution in [3.05, 3.63) is 71.8 Å². The molecule has 0 aromatic heterocycles. The van der Waals surface area contributed by atoms with Crippen LogP contribution in [0.5, 0.6) is 0 Å². The largest absolute Gasteiger partial charge is 0.380 e. The molecule has 2 atom stereocenters. The molecule has 0 aliphatic carbocycles. The van der Waals surface area contributed by atoms with E-state index in [1.807, 2.05) is 60.7 Å². The highest BCUT2D eigenvalue weighted by atomic mass is 16.3. The van der Waals surface area contributed by atoms with Crippen LogP contribution < -0.4 is 0 Å². The third-order valence-electron chi connectivity index (χ3n) is 3.27. The maximum atomic E-state index is 9.84. The molecular formula is C21H20O2. The SMILES string of the molecule is O[C@H](C#Cc1ccccc1)CCC[C@H](O)C#Cc1ccccc1. The van der Waals surface area contributed by atoms with Gasteiger partial charge in [-0.1, -0.05) is 60.1 Å². The number of hydrogen-bond acceptors (Lipinski definition) is 2. The molecule has 0 heterocycles. The number of hydrogen-bond donors (Lipinski definition) is 2. The van der Waals surface area contributed by atoms with Gasteiger partial charge in [0, 0.05) is 11.1 Å². The third kappa shape index (κ3) is 6.85. The zero-order chi connectivity index (χ0) is 16.3. The Bertz CT molecular complexity index is 636. The van der Waals surface area contributed by atoms with Crippen molar-refractivity contribution in [3.63, 3.8) is 0 Å². The van der Waals surface area contributed by atoms with Gasteiger partial charge in [-0.2, -0.15) is 0 Å². The summed E-state index contributed by atoms with van der Waals surface area (Å²) in [4.78, 5) is 0. The van der Waals surface area contributed by atoms with Crippen molar-refractivity contribution in [2.75, 3.05) is 0 Å². The van der Waals surface area contributed by atoms with Gasteiger partial charge in [0.05, 0.1) is 0 Å². The Hall–Kier alpha value is -2.52. The van der Waals surface area contributed by atoms with Gasteiger partial charge in [0.15, 0.2) is 0 Å². The number of aliphatic hydroxyl groups excluding tert-OH is 2. The molecule has 0 radical (unpaired) electrons. The molecule has 0 aliphatic rings. The monoisotopic (exact) mass is 304 g/mol. The smallest absolute Gasteiger partial charge is 0.115 e. The summed E-state index contributed by atoms with van der Waals surface area (Å²) < 4.78 is 0. The van der Waals surface area contributed by atoms with Crippen molar-refractivity contribution < 1.29 is 10.2 Å². The molecule has 2 nitrogen and oxygen atoms in total. The van der Waals surface area contributed by atoms with E-state index in [0.717, 1.165) is 11.1 Å². The summed E-state index contributed by atoms with van der Waals surface area (Å²) in [6.07, 6.45) is 0.386. The van der Waals surface area contributed by atoms with Gasteiger partial charge in [0.2, 0.25) is 0 Å². The van der Waals surface area contributed by atoms with E-state index in [1.165, 1.54) is 0 Å². The Morgan fingerprint density at radius 1 is 0.652 bits per heavy atom. The zero-order valence-electron chi connectivity index (χ0n) is 12.9. The van der Waals surface area contributed by atoms with Crippen molar-refractivity contribution in [1.82, 2.24) is 0 Å². The lowest BCUT2D eigenvalue weighted by atomic mass is 10.1. The number of rotatable bonds is 4. The van der Waals surface area contributed by atoms with Crippen LogP contribution in [0.3, 0.4) is 0 Å². The fourth-order valence-electron chi connectivity index (χ4n) is 2.03. The fraction of sp³-hybridized carbons (Fsp3) is 0.238. The van der Waals surface area contributed by atoms with Crippen LogP contribution in [0.4, 0.5) is 0 Å². The highest BCUT2D eigenvalue weighted by molar-refractivity contribution is 5.35. The van der Waals surface area contributed by atoms with E-state index < -0.39 is 12.2 Å². The predicted octanol–water partition coefficient (Wildman–Crippen LogP) is 2.98. The van der Waals surface area contributed by atoms with Gasteiger partial charge in [-0.15, -0.1) is 0 Å². The lowest BCUT2D eigenvalue weighted by Crippen LogP contribution is -2.07. The van der Waals surface area contributed by atoms with Crippen molar-refractivity contribution in [3.8, 4) is 23.7 Å². The molecule has 2 heteroatoms. The van der Waals surface area contributed by atoms with Crippen LogP contribution in [0.25, 0.3) is 0 Å². The highest BCUT2D eigenvalue weighted by Gasteiger charge is 2.03. The van der Waals surface area contributed by atoms with Gasteiger partial charge in [-0.05, 0) is 43.5 Å².